The topological polar surface area (TPSA) is 102 Å². The van der Waals surface area contributed by atoms with E-state index in [0.717, 1.165) is 23.3 Å². The minimum Gasteiger partial charge on any atom is -0.497 e. The lowest BCUT2D eigenvalue weighted by Crippen LogP contribution is -2.47. The van der Waals surface area contributed by atoms with Crippen molar-refractivity contribution in [1.29, 1.82) is 0 Å². The molecule has 1 unspecified atom stereocenters. The van der Waals surface area contributed by atoms with Crippen LogP contribution in [0.5, 0.6) is 5.75 Å². The maximum atomic E-state index is 13.7. The molecule has 1 aliphatic rings. The number of hydrogen-bond acceptors (Lipinski definition) is 7. The minimum atomic E-state index is -0.511. The molecule has 0 fully saturated rings. The molecule has 0 radical (unpaired) electrons. The fourth-order valence-corrected chi connectivity index (χ4v) is 5.45. The van der Waals surface area contributed by atoms with Crippen LogP contribution in [0.15, 0.2) is 60.0 Å². The average molecular weight is 524 g/mol. The molecule has 9 nitrogen and oxygen atoms in total. The number of nitro groups is 1. The van der Waals surface area contributed by atoms with Crippen LogP contribution in [0.1, 0.15) is 38.8 Å². The van der Waals surface area contributed by atoms with E-state index in [2.05, 4.69) is 6.07 Å². The number of carbonyl (C=O) groups is 2. The Labute approximate surface area is 219 Å². The maximum absolute atomic E-state index is 13.7. The summed E-state index contributed by atoms with van der Waals surface area (Å²) in [6.07, 6.45) is 1.31. The number of methoxy groups -OCH3 is 2. The van der Waals surface area contributed by atoms with Crippen LogP contribution in [-0.2, 0) is 16.0 Å². The minimum absolute atomic E-state index is 0.0965. The summed E-state index contributed by atoms with van der Waals surface area (Å²) in [5, 5.41) is 13.0. The zero-order valence-corrected chi connectivity index (χ0v) is 21.6. The molecule has 3 aromatic rings. The molecule has 37 heavy (non-hydrogen) atoms. The fourth-order valence-electron chi connectivity index (χ4n) is 4.55. The van der Waals surface area contributed by atoms with Gasteiger partial charge in [-0.15, -0.1) is 11.3 Å². The standard InChI is InChI=1S/C27H29N3O6S/c1-35-16-3-14-28(27(32)20-4-8-21(9-5-20)30(33)34)18-25(31)29-15-12-24-23(13-17-37-24)26(29)19-6-10-22(36-2)11-7-19/h4-11,13,17,26H,3,12,14-16,18H2,1-2H3. The predicted octanol–water partition coefficient (Wildman–Crippen LogP) is 4.32. The van der Waals surface area contributed by atoms with Gasteiger partial charge >= 0.3 is 0 Å². The number of benzene rings is 2. The van der Waals surface area contributed by atoms with E-state index in [4.69, 9.17) is 9.47 Å². The lowest BCUT2D eigenvalue weighted by molar-refractivity contribution is -0.384. The first-order valence-electron chi connectivity index (χ1n) is 11.9. The monoisotopic (exact) mass is 523 g/mol. The van der Waals surface area contributed by atoms with Crippen LogP contribution >= 0.6 is 11.3 Å². The van der Waals surface area contributed by atoms with Crippen LogP contribution in [-0.4, -0.2) is 67.0 Å². The number of nitrogens with zero attached hydrogens (tertiary/aromatic N) is 3. The lowest BCUT2D eigenvalue weighted by atomic mass is 9.93. The molecular formula is C27H29N3O6S. The Hall–Kier alpha value is -3.76. The first-order valence-corrected chi connectivity index (χ1v) is 12.8. The number of nitro benzene ring substituents is 1. The molecule has 2 amide bonds. The van der Waals surface area contributed by atoms with Crippen molar-refractivity contribution in [2.24, 2.45) is 0 Å². The highest BCUT2D eigenvalue weighted by molar-refractivity contribution is 7.10. The Balaban J connectivity index is 1.59. The first-order chi connectivity index (χ1) is 17.9. The van der Waals surface area contributed by atoms with E-state index >= 15 is 0 Å². The summed E-state index contributed by atoms with van der Waals surface area (Å²) in [4.78, 5) is 42.2. The summed E-state index contributed by atoms with van der Waals surface area (Å²) < 4.78 is 10.5. The van der Waals surface area contributed by atoms with E-state index in [1.807, 2.05) is 34.5 Å². The second-order valence-corrected chi connectivity index (χ2v) is 9.69. The number of hydrogen-bond donors (Lipinski definition) is 0. The largest absolute Gasteiger partial charge is 0.497 e. The van der Waals surface area contributed by atoms with Gasteiger partial charge in [-0.05, 0) is 59.7 Å². The van der Waals surface area contributed by atoms with Crippen molar-refractivity contribution in [2.45, 2.75) is 18.9 Å². The molecule has 0 aliphatic carbocycles. The van der Waals surface area contributed by atoms with E-state index < -0.39 is 4.92 Å². The van der Waals surface area contributed by atoms with Gasteiger partial charge in [-0.1, -0.05) is 12.1 Å². The normalized spacial score (nSPS) is 14.6. The number of carbonyl (C=O) groups excluding carboxylic acids is 2. The van der Waals surface area contributed by atoms with Gasteiger partial charge in [-0.3, -0.25) is 19.7 Å². The third-order valence-electron chi connectivity index (χ3n) is 6.43. The summed E-state index contributed by atoms with van der Waals surface area (Å²) in [7, 11) is 3.20. The van der Waals surface area contributed by atoms with Crippen molar-refractivity contribution in [3.8, 4) is 5.75 Å². The molecule has 0 saturated carbocycles. The molecule has 1 atom stereocenters. The number of ether oxygens (including phenoxy) is 2. The Morgan fingerprint density at radius 1 is 1.11 bits per heavy atom. The van der Waals surface area contributed by atoms with Gasteiger partial charge in [-0.25, -0.2) is 0 Å². The van der Waals surface area contributed by atoms with Gasteiger partial charge in [0.05, 0.1) is 18.1 Å². The summed E-state index contributed by atoms with van der Waals surface area (Å²) in [5.41, 5.74) is 2.27. The van der Waals surface area contributed by atoms with Crippen LogP contribution < -0.4 is 4.74 Å². The highest BCUT2D eigenvalue weighted by Gasteiger charge is 2.34. The molecule has 1 aromatic heterocycles. The van der Waals surface area contributed by atoms with E-state index in [-0.39, 0.29) is 30.1 Å². The third kappa shape index (κ3) is 5.98. The molecule has 2 aromatic carbocycles. The van der Waals surface area contributed by atoms with Crippen molar-refractivity contribution >= 4 is 28.8 Å². The first kappa shape index (κ1) is 26.3. The maximum Gasteiger partial charge on any atom is 0.269 e. The van der Waals surface area contributed by atoms with Gasteiger partial charge < -0.3 is 19.3 Å². The molecular weight excluding hydrogens is 494 g/mol. The van der Waals surface area contributed by atoms with Crippen LogP contribution in [0, 0.1) is 10.1 Å². The summed E-state index contributed by atoms with van der Waals surface area (Å²) >= 11 is 1.69. The van der Waals surface area contributed by atoms with Crippen LogP contribution in [0.4, 0.5) is 5.69 Å². The van der Waals surface area contributed by atoms with Gasteiger partial charge in [0.1, 0.15) is 12.3 Å². The van der Waals surface area contributed by atoms with Crippen molar-refractivity contribution < 1.29 is 24.0 Å². The number of thiophene rings is 1. The molecule has 0 bridgehead atoms. The third-order valence-corrected chi connectivity index (χ3v) is 7.43. The van der Waals surface area contributed by atoms with Gasteiger partial charge in [0.25, 0.3) is 11.6 Å². The second kappa shape index (κ2) is 12.0. The lowest BCUT2D eigenvalue weighted by Gasteiger charge is -2.37. The number of amides is 2. The van der Waals surface area contributed by atoms with E-state index in [9.17, 15) is 19.7 Å². The summed E-state index contributed by atoms with van der Waals surface area (Å²) in [5.74, 6) is 0.222. The molecule has 10 heteroatoms. The fraction of sp³-hybridized carbons (Fsp3) is 0.333. The van der Waals surface area contributed by atoms with Crippen LogP contribution in [0.25, 0.3) is 0 Å². The van der Waals surface area contributed by atoms with Crippen molar-refractivity contribution in [3.05, 3.63) is 91.7 Å². The van der Waals surface area contributed by atoms with Crippen LogP contribution in [0.2, 0.25) is 0 Å². The van der Waals surface area contributed by atoms with Gasteiger partial charge in [0.2, 0.25) is 5.91 Å². The number of fused-ring (bicyclic) bond motifs is 1. The van der Waals surface area contributed by atoms with E-state index in [0.29, 0.717) is 31.7 Å². The predicted molar refractivity (Wildman–Crippen MR) is 140 cm³/mol. The van der Waals surface area contributed by atoms with Crippen molar-refractivity contribution in [2.75, 3.05) is 40.5 Å². The number of rotatable bonds is 10. The van der Waals surface area contributed by atoms with Gasteiger partial charge in [0, 0.05) is 49.4 Å². The molecule has 1 aliphatic heterocycles. The summed E-state index contributed by atoms with van der Waals surface area (Å²) in [6.45, 7) is 1.20. The number of non-ortho nitro benzene ring substituents is 1. The van der Waals surface area contributed by atoms with Crippen molar-refractivity contribution in [1.82, 2.24) is 9.80 Å². The average Bonchev–Trinajstić information content (AvgIpc) is 3.41. The zero-order chi connectivity index (χ0) is 26.4. The van der Waals surface area contributed by atoms with Crippen molar-refractivity contribution in [3.63, 3.8) is 0 Å². The van der Waals surface area contributed by atoms with E-state index in [1.54, 1.807) is 25.6 Å². The molecule has 0 saturated heterocycles. The van der Waals surface area contributed by atoms with Crippen LogP contribution in [0.3, 0.4) is 0 Å². The Morgan fingerprint density at radius 2 is 1.84 bits per heavy atom. The SMILES string of the molecule is COCCCN(CC(=O)N1CCc2sccc2C1c1ccc(OC)cc1)C(=O)c1ccc([N+](=O)[O-])cc1. The highest BCUT2D eigenvalue weighted by Crippen LogP contribution is 2.38. The highest BCUT2D eigenvalue weighted by atomic mass is 32.1. The molecule has 194 valence electrons. The molecule has 0 N–H and O–H groups in total. The zero-order valence-electron chi connectivity index (χ0n) is 20.8. The smallest absolute Gasteiger partial charge is 0.269 e. The second-order valence-electron chi connectivity index (χ2n) is 8.69. The van der Waals surface area contributed by atoms with E-state index in [1.165, 1.54) is 34.0 Å². The summed E-state index contributed by atoms with van der Waals surface area (Å²) in [6, 6.07) is 14.9. The van der Waals surface area contributed by atoms with Gasteiger partial charge in [0.15, 0.2) is 0 Å². The van der Waals surface area contributed by atoms with Gasteiger partial charge in [-0.2, -0.15) is 0 Å². The molecule has 0 spiro atoms. The quantitative estimate of drug-likeness (QED) is 0.223. The molecule has 2 heterocycles. The Morgan fingerprint density at radius 3 is 2.49 bits per heavy atom. The molecule has 4 rings (SSSR count). The Kier molecular flexibility index (Phi) is 8.52. The Bertz CT molecular complexity index is 1240.